The summed E-state index contributed by atoms with van der Waals surface area (Å²) in [6.07, 6.45) is 0. The molecule has 16 heavy (non-hydrogen) atoms. The van der Waals surface area contributed by atoms with Crippen molar-refractivity contribution in [1.82, 2.24) is 0 Å². The second-order valence-electron chi connectivity index (χ2n) is 3.69. The molecule has 1 rings (SSSR count). The molecule has 1 aromatic carbocycles. The minimum atomic E-state index is 0.207. The van der Waals surface area contributed by atoms with Crippen LogP contribution in [0.3, 0.4) is 0 Å². The summed E-state index contributed by atoms with van der Waals surface area (Å²) in [4.78, 5) is 2.01. The molecule has 0 heterocycles. The van der Waals surface area contributed by atoms with Gasteiger partial charge in [-0.25, -0.2) is 0 Å². The van der Waals surface area contributed by atoms with E-state index in [2.05, 4.69) is 6.07 Å². The van der Waals surface area contributed by atoms with E-state index in [0.29, 0.717) is 17.2 Å². The largest absolute Gasteiger partial charge is 0.383 e. The molecule has 0 spiro atoms. The van der Waals surface area contributed by atoms with E-state index in [4.69, 9.17) is 21.6 Å². The Kier molecular flexibility index (Phi) is 4.60. The number of rotatable bonds is 4. The molecular formula is C12H15ClN2O. The van der Waals surface area contributed by atoms with Crippen LogP contribution in [0.5, 0.6) is 0 Å². The Morgan fingerprint density at radius 3 is 2.81 bits per heavy atom. The fourth-order valence-electron chi connectivity index (χ4n) is 1.50. The number of hydrogen-bond donors (Lipinski definition) is 0. The van der Waals surface area contributed by atoms with Gasteiger partial charge in [-0.15, -0.1) is 0 Å². The van der Waals surface area contributed by atoms with Gasteiger partial charge in [0.1, 0.15) is 6.07 Å². The molecule has 0 amide bonds. The third kappa shape index (κ3) is 2.88. The molecule has 0 saturated heterocycles. The molecule has 0 N–H and O–H groups in total. The van der Waals surface area contributed by atoms with Crippen LogP contribution in [0.4, 0.5) is 5.69 Å². The highest BCUT2D eigenvalue weighted by Crippen LogP contribution is 2.24. The molecule has 0 bridgehead atoms. The topological polar surface area (TPSA) is 36.3 Å². The van der Waals surface area contributed by atoms with Gasteiger partial charge in [0.25, 0.3) is 0 Å². The lowest BCUT2D eigenvalue weighted by molar-refractivity contribution is 0.183. The molecule has 4 heteroatoms. The molecule has 86 valence electrons. The quantitative estimate of drug-likeness (QED) is 0.809. The second kappa shape index (κ2) is 5.74. The number of hydrogen-bond acceptors (Lipinski definition) is 3. The standard InChI is InChI=1S/C12H15ClN2O/c1-9(8-16-3)15(2)12-5-4-11(13)6-10(12)7-14/h4-6,9H,8H2,1-3H3. The first kappa shape index (κ1) is 12.8. The minimum Gasteiger partial charge on any atom is -0.383 e. The zero-order valence-corrected chi connectivity index (χ0v) is 10.5. The lowest BCUT2D eigenvalue weighted by Crippen LogP contribution is -2.33. The molecular weight excluding hydrogens is 224 g/mol. The van der Waals surface area contributed by atoms with Crippen molar-refractivity contribution in [3.8, 4) is 6.07 Å². The highest BCUT2D eigenvalue weighted by Gasteiger charge is 2.13. The summed E-state index contributed by atoms with van der Waals surface area (Å²) in [6.45, 7) is 2.66. The van der Waals surface area contributed by atoms with Crippen molar-refractivity contribution in [3.63, 3.8) is 0 Å². The third-order valence-corrected chi connectivity index (χ3v) is 2.76. The number of methoxy groups -OCH3 is 1. The zero-order chi connectivity index (χ0) is 12.1. The summed E-state index contributed by atoms with van der Waals surface area (Å²) in [5.41, 5.74) is 1.45. The number of nitriles is 1. The molecule has 0 aromatic heterocycles. The van der Waals surface area contributed by atoms with Gasteiger partial charge in [-0.3, -0.25) is 0 Å². The summed E-state index contributed by atoms with van der Waals surface area (Å²) >= 11 is 5.85. The van der Waals surface area contributed by atoms with Gasteiger partial charge in [0.15, 0.2) is 0 Å². The number of halogens is 1. The van der Waals surface area contributed by atoms with Crippen LogP contribution in [-0.2, 0) is 4.74 Å². The first-order valence-corrected chi connectivity index (χ1v) is 5.39. The first-order chi connectivity index (χ1) is 7.60. The van der Waals surface area contributed by atoms with E-state index in [-0.39, 0.29) is 6.04 Å². The van der Waals surface area contributed by atoms with Gasteiger partial charge in [0.05, 0.1) is 17.9 Å². The van der Waals surface area contributed by atoms with Crippen molar-refractivity contribution in [2.75, 3.05) is 25.7 Å². The van der Waals surface area contributed by atoms with Crippen molar-refractivity contribution in [1.29, 1.82) is 5.26 Å². The van der Waals surface area contributed by atoms with Gasteiger partial charge < -0.3 is 9.64 Å². The van der Waals surface area contributed by atoms with Gasteiger partial charge in [0, 0.05) is 25.2 Å². The Morgan fingerprint density at radius 2 is 2.25 bits per heavy atom. The molecule has 1 unspecified atom stereocenters. The lowest BCUT2D eigenvalue weighted by atomic mass is 10.1. The SMILES string of the molecule is COCC(C)N(C)c1ccc(Cl)cc1C#N. The van der Waals surface area contributed by atoms with Crippen LogP contribution in [0.15, 0.2) is 18.2 Å². The van der Waals surface area contributed by atoms with Crippen LogP contribution < -0.4 is 4.90 Å². The average Bonchev–Trinajstić information content (AvgIpc) is 2.28. The molecule has 1 atom stereocenters. The molecule has 3 nitrogen and oxygen atoms in total. The Labute approximate surface area is 101 Å². The second-order valence-corrected chi connectivity index (χ2v) is 4.12. The van der Waals surface area contributed by atoms with Crippen LogP contribution in [0.25, 0.3) is 0 Å². The van der Waals surface area contributed by atoms with Gasteiger partial charge >= 0.3 is 0 Å². The summed E-state index contributed by atoms with van der Waals surface area (Å²) in [5, 5.41) is 9.61. The fourth-order valence-corrected chi connectivity index (χ4v) is 1.67. The van der Waals surface area contributed by atoms with Crippen LogP contribution in [0.2, 0.25) is 5.02 Å². The smallest absolute Gasteiger partial charge is 0.101 e. The molecule has 0 aliphatic heterocycles. The van der Waals surface area contributed by atoms with Gasteiger partial charge in [-0.05, 0) is 25.1 Å². The van der Waals surface area contributed by atoms with Crippen molar-refractivity contribution < 1.29 is 4.74 Å². The number of nitrogens with zero attached hydrogens (tertiary/aromatic N) is 2. The predicted molar refractivity (Wildman–Crippen MR) is 65.9 cm³/mol. The monoisotopic (exact) mass is 238 g/mol. The maximum absolute atomic E-state index is 9.04. The maximum atomic E-state index is 9.04. The lowest BCUT2D eigenvalue weighted by Gasteiger charge is -2.27. The Bertz CT molecular complexity index is 400. The van der Waals surface area contributed by atoms with Gasteiger partial charge in [-0.1, -0.05) is 11.6 Å². The number of anilines is 1. The van der Waals surface area contributed by atoms with E-state index in [0.717, 1.165) is 5.69 Å². The summed E-state index contributed by atoms with van der Waals surface area (Å²) in [7, 11) is 3.60. The summed E-state index contributed by atoms with van der Waals surface area (Å²) in [5.74, 6) is 0. The van der Waals surface area contributed by atoms with E-state index < -0.39 is 0 Å². The van der Waals surface area contributed by atoms with Crippen molar-refractivity contribution in [2.45, 2.75) is 13.0 Å². The number of benzene rings is 1. The number of ether oxygens (including phenoxy) is 1. The highest BCUT2D eigenvalue weighted by molar-refractivity contribution is 6.30. The van der Waals surface area contributed by atoms with Crippen molar-refractivity contribution in [2.24, 2.45) is 0 Å². The van der Waals surface area contributed by atoms with Crippen LogP contribution >= 0.6 is 11.6 Å². The first-order valence-electron chi connectivity index (χ1n) is 5.01. The molecule has 0 radical (unpaired) electrons. The molecule has 0 saturated carbocycles. The normalized spacial score (nSPS) is 11.9. The molecule has 0 aliphatic rings. The Hall–Kier alpha value is -1.24. The Balaban J connectivity index is 2.99. The van der Waals surface area contributed by atoms with E-state index in [1.165, 1.54) is 0 Å². The van der Waals surface area contributed by atoms with Crippen molar-refractivity contribution in [3.05, 3.63) is 28.8 Å². The summed E-state index contributed by atoms with van der Waals surface area (Å²) < 4.78 is 5.09. The predicted octanol–water partition coefficient (Wildman–Crippen LogP) is 2.68. The minimum absolute atomic E-state index is 0.207. The highest BCUT2D eigenvalue weighted by atomic mass is 35.5. The maximum Gasteiger partial charge on any atom is 0.101 e. The van der Waals surface area contributed by atoms with Crippen LogP contribution in [-0.4, -0.2) is 26.8 Å². The van der Waals surface area contributed by atoms with Gasteiger partial charge in [-0.2, -0.15) is 5.26 Å². The van der Waals surface area contributed by atoms with E-state index >= 15 is 0 Å². The van der Waals surface area contributed by atoms with Crippen molar-refractivity contribution >= 4 is 17.3 Å². The Morgan fingerprint density at radius 1 is 1.56 bits per heavy atom. The summed E-state index contributed by atoms with van der Waals surface area (Å²) in [6, 6.07) is 7.67. The van der Waals surface area contributed by atoms with Crippen LogP contribution in [0, 0.1) is 11.3 Å². The molecule has 1 aromatic rings. The molecule has 0 fully saturated rings. The average molecular weight is 239 g/mol. The molecule has 0 aliphatic carbocycles. The zero-order valence-electron chi connectivity index (χ0n) is 9.70. The number of likely N-dealkylation sites (N-methyl/N-ethyl adjacent to an activating group) is 1. The van der Waals surface area contributed by atoms with E-state index in [9.17, 15) is 0 Å². The van der Waals surface area contributed by atoms with Gasteiger partial charge in [0.2, 0.25) is 0 Å². The van der Waals surface area contributed by atoms with E-state index in [1.807, 2.05) is 24.9 Å². The fraction of sp³-hybridized carbons (Fsp3) is 0.417. The third-order valence-electron chi connectivity index (χ3n) is 2.53. The van der Waals surface area contributed by atoms with E-state index in [1.54, 1.807) is 19.2 Å². The van der Waals surface area contributed by atoms with Crippen LogP contribution in [0.1, 0.15) is 12.5 Å².